The number of nitrogens with zero attached hydrogens (tertiary/aromatic N) is 1. The molecule has 0 saturated carbocycles. The van der Waals surface area contributed by atoms with Gasteiger partial charge in [-0.25, -0.2) is 9.18 Å². The molecule has 4 nitrogen and oxygen atoms in total. The molecule has 0 bridgehead atoms. The summed E-state index contributed by atoms with van der Waals surface area (Å²) in [6.45, 7) is 7.54. The SMILES string of the molecule is Cc1ccc(-n2c(C)cc(C(=O)COC(=O)c3ccc(F)cc3)c2C)cc1C. The van der Waals surface area contributed by atoms with Crippen LogP contribution in [0.4, 0.5) is 4.39 Å². The summed E-state index contributed by atoms with van der Waals surface area (Å²) in [5, 5.41) is 0. The summed E-state index contributed by atoms with van der Waals surface area (Å²) in [5.41, 5.74) is 5.80. The number of ketones is 1. The second-order valence-electron chi connectivity index (χ2n) is 6.89. The molecule has 0 radical (unpaired) electrons. The maximum atomic E-state index is 12.9. The molecule has 2 aromatic carbocycles. The largest absolute Gasteiger partial charge is 0.454 e. The summed E-state index contributed by atoms with van der Waals surface area (Å²) in [6.07, 6.45) is 0. The normalized spacial score (nSPS) is 10.8. The van der Waals surface area contributed by atoms with Crippen molar-refractivity contribution in [2.24, 2.45) is 0 Å². The predicted octanol–water partition coefficient (Wildman–Crippen LogP) is 4.89. The third kappa shape index (κ3) is 3.88. The number of hydrogen-bond donors (Lipinski definition) is 0. The number of carbonyl (C=O) groups is 2. The molecular weight excluding hydrogens is 357 g/mol. The van der Waals surface area contributed by atoms with Crippen molar-refractivity contribution < 1.29 is 18.7 Å². The van der Waals surface area contributed by atoms with Crippen LogP contribution >= 0.6 is 0 Å². The van der Waals surface area contributed by atoms with Crippen LogP contribution in [-0.4, -0.2) is 22.9 Å². The van der Waals surface area contributed by atoms with Crippen molar-refractivity contribution in [1.29, 1.82) is 0 Å². The van der Waals surface area contributed by atoms with Crippen LogP contribution in [-0.2, 0) is 4.74 Å². The lowest BCUT2D eigenvalue weighted by Gasteiger charge is -2.12. The first-order chi connectivity index (χ1) is 13.3. The van der Waals surface area contributed by atoms with Gasteiger partial charge in [-0.1, -0.05) is 6.07 Å². The van der Waals surface area contributed by atoms with Gasteiger partial charge in [0.1, 0.15) is 5.82 Å². The number of aromatic nitrogens is 1. The minimum atomic E-state index is -0.656. The van der Waals surface area contributed by atoms with Crippen LogP contribution in [0.15, 0.2) is 48.5 Å². The van der Waals surface area contributed by atoms with Crippen LogP contribution in [0.3, 0.4) is 0 Å². The van der Waals surface area contributed by atoms with Gasteiger partial charge in [0.2, 0.25) is 5.78 Å². The van der Waals surface area contributed by atoms with E-state index in [0.717, 1.165) is 17.1 Å². The van der Waals surface area contributed by atoms with Gasteiger partial charge < -0.3 is 9.30 Å². The van der Waals surface area contributed by atoms with E-state index in [1.807, 2.05) is 31.4 Å². The van der Waals surface area contributed by atoms with Crippen molar-refractivity contribution in [3.8, 4) is 5.69 Å². The van der Waals surface area contributed by atoms with Crippen LogP contribution in [0.25, 0.3) is 5.69 Å². The Balaban J connectivity index is 1.78. The van der Waals surface area contributed by atoms with Crippen molar-refractivity contribution in [2.45, 2.75) is 27.7 Å². The van der Waals surface area contributed by atoms with E-state index >= 15 is 0 Å². The minimum Gasteiger partial charge on any atom is -0.454 e. The summed E-state index contributed by atoms with van der Waals surface area (Å²) in [7, 11) is 0. The second-order valence-corrected chi connectivity index (χ2v) is 6.89. The molecule has 1 aromatic heterocycles. The number of aryl methyl sites for hydroxylation is 3. The number of esters is 1. The Morgan fingerprint density at radius 3 is 2.25 bits per heavy atom. The second kappa shape index (κ2) is 7.80. The van der Waals surface area contributed by atoms with Crippen molar-refractivity contribution in [3.63, 3.8) is 0 Å². The Hall–Kier alpha value is -3.21. The van der Waals surface area contributed by atoms with E-state index in [-0.39, 0.29) is 18.0 Å². The van der Waals surface area contributed by atoms with Gasteiger partial charge in [-0.15, -0.1) is 0 Å². The molecule has 0 aliphatic rings. The van der Waals surface area contributed by atoms with Crippen LogP contribution < -0.4 is 0 Å². The molecule has 0 aliphatic heterocycles. The maximum Gasteiger partial charge on any atom is 0.338 e. The molecule has 0 fully saturated rings. The van der Waals surface area contributed by atoms with Crippen LogP contribution in [0.5, 0.6) is 0 Å². The van der Waals surface area contributed by atoms with Crippen LogP contribution in [0.1, 0.15) is 43.2 Å². The molecule has 0 spiro atoms. The number of benzene rings is 2. The summed E-state index contributed by atoms with van der Waals surface area (Å²) < 4.78 is 20.1. The quantitative estimate of drug-likeness (QED) is 0.468. The molecule has 1 heterocycles. The monoisotopic (exact) mass is 379 g/mol. The highest BCUT2D eigenvalue weighted by atomic mass is 19.1. The zero-order valence-electron chi connectivity index (χ0n) is 16.4. The van der Waals surface area contributed by atoms with E-state index in [4.69, 9.17) is 4.74 Å². The molecule has 5 heteroatoms. The lowest BCUT2D eigenvalue weighted by atomic mass is 10.1. The molecule has 0 N–H and O–H groups in total. The van der Waals surface area contributed by atoms with Gasteiger partial charge in [-0.05, 0) is 81.3 Å². The lowest BCUT2D eigenvalue weighted by molar-refractivity contribution is 0.0474. The molecule has 3 aromatic rings. The van der Waals surface area contributed by atoms with Gasteiger partial charge in [0.25, 0.3) is 0 Å². The van der Waals surface area contributed by atoms with E-state index in [2.05, 4.69) is 19.1 Å². The number of carbonyl (C=O) groups excluding carboxylic acids is 2. The van der Waals surface area contributed by atoms with E-state index in [9.17, 15) is 14.0 Å². The highest BCUT2D eigenvalue weighted by Crippen LogP contribution is 2.23. The average molecular weight is 379 g/mol. The van der Waals surface area contributed by atoms with Crippen LogP contribution in [0, 0.1) is 33.5 Å². The molecule has 3 rings (SSSR count). The molecule has 0 amide bonds. The fraction of sp³-hybridized carbons (Fsp3) is 0.217. The third-order valence-electron chi connectivity index (χ3n) is 4.89. The fourth-order valence-corrected chi connectivity index (χ4v) is 3.19. The topological polar surface area (TPSA) is 48.3 Å². The van der Waals surface area contributed by atoms with Gasteiger partial charge in [0, 0.05) is 22.6 Å². The standard InChI is InChI=1S/C23H22FNO3/c1-14-5-10-20(11-15(14)2)25-16(3)12-21(17(25)4)22(26)13-28-23(27)18-6-8-19(24)9-7-18/h5-12H,13H2,1-4H3. The molecule has 144 valence electrons. The zero-order valence-corrected chi connectivity index (χ0v) is 16.4. The number of halogens is 1. The van der Waals surface area contributed by atoms with Gasteiger partial charge in [-0.3, -0.25) is 4.79 Å². The zero-order chi connectivity index (χ0) is 20.4. The number of ether oxygens (including phenoxy) is 1. The average Bonchev–Trinajstić information content (AvgIpc) is 2.97. The first-order valence-electron chi connectivity index (χ1n) is 9.00. The van der Waals surface area contributed by atoms with Gasteiger partial charge in [-0.2, -0.15) is 0 Å². The molecule has 0 saturated heterocycles. The molecule has 0 atom stereocenters. The summed E-state index contributed by atoms with van der Waals surface area (Å²) in [5.74, 6) is -1.37. The summed E-state index contributed by atoms with van der Waals surface area (Å²) >= 11 is 0. The van der Waals surface area contributed by atoms with E-state index in [1.165, 1.54) is 35.4 Å². The Kier molecular flexibility index (Phi) is 5.45. The van der Waals surface area contributed by atoms with Crippen molar-refractivity contribution in [2.75, 3.05) is 6.61 Å². The molecule has 0 aliphatic carbocycles. The molecule has 28 heavy (non-hydrogen) atoms. The van der Waals surface area contributed by atoms with E-state index < -0.39 is 11.8 Å². The Labute approximate surface area is 163 Å². The van der Waals surface area contributed by atoms with Gasteiger partial charge >= 0.3 is 5.97 Å². The Morgan fingerprint density at radius 1 is 0.929 bits per heavy atom. The Bertz CT molecular complexity index is 1050. The smallest absolute Gasteiger partial charge is 0.338 e. The van der Waals surface area contributed by atoms with Gasteiger partial charge in [0.15, 0.2) is 6.61 Å². The predicted molar refractivity (Wildman–Crippen MR) is 106 cm³/mol. The number of rotatable bonds is 5. The van der Waals surface area contributed by atoms with Crippen molar-refractivity contribution >= 4 is 11.8 Å². The summed E-state index contributed by atoms with van der Waals surface area (Å²) in [4.78, 5) is 24.7. The van der Waals surface area contributed by atoms with E-state index in [1.54, 1.807) is 6.07 Å². The minimum absolute atomic E-state index is 0.204. The highest BCUT2D eigenvalue weighted by Gasteiger charge is 2.19. The van der Waals surface area contributed by atoms with Crippen LogP contribution in [0.2, 0.25) is 0 Å². The molecular formula is C23H22FNO3. The lowest BCUT2D eigenvalue weighted by Crippen LogP contribution is -2.15. The fourth-order valence-electron chi connectivity index (χ4n) is 3.19. The highest BCUT2D eigenvalue weighted by molar-refractivity contribution is 6.00. The van der Waals surface area contributed by atoms with Crippen molar-refractivity contribution in [3.05, 3.63) is 88.0 Å². The summed E-state index contributed by atoms with van der Waals surface area (Å²) in [6, 6.07) is 13.0. The first kappa shape index (κ1) is 19.5. The molecule has 0 unspecified atom stereocenters. The van der Waals surface area contributed by atoms with Gasteiger partial charge in [0.05, 0.1) is 5.56 Å². The number of Topliss-reactive ketones (excluding diaryl/α,β-unsaturated/α-hetero) is 1. The maximum absolute atomic E-state index is 12.9. The first-order valence-corrected chi connectivity index (χ1v) is 9.00. The Morgan fingerprint density at radius 2 is 1.61 bits per heavy atom. The number of hydrogen-bond acceptors (Lipinski definition) is 3. The van der Waals surface area contributed by atoms with Crippen molar-refractivity contribution in [1.82, 2.24) is 4.57 Å². The third-order valence-corrected chi connectivity index (χ3v) is 4.89. The van der Waals surface area contributed by atoms with E-state index in [0.29, 0.717) is 5.56 Å².